The van der Waals surface area contributed by atoms with E-state index in [0.29, 0.717) is 5.75 Å². The largest absolute Gasteiger partial charge is 0.491 e. The van der Waals surface area contributed by atoms with Crippen LogP contribution in [0.5, 0.6) is 5.75 Å². The maximum atomic E-state index is 10.5. The van der Waals surface area contributed by atoms with Gasteiger partial charge in [0.25, 0.3) is 0 Å². The molecule has 0 aromatic carbocycles. The predicted octanol–water partition coefficient (Wildman–Crippen LogP) is 1.03. The van der Waals surface area contributed by atoms with Crippen LogP contribution in [0, 0.1) is 0 Å². The SMILES string of the molecule is O=S(=O)(Cl)CCOc1cccnc1. The van der Waals surface area contributed by atoms with Gasteiger partial charge in [-0.25, -0.2) is 8.42 Å². The molecule has 0 N–H and O–H groups in total. The topological polar surface area (TPSA) is 56.3 Å². The van der Waals surface area contributed by atoms with Crippen LogP contribution >= 0.6 is 10.7 Å². The van der Waals surface area contributed by atoms with Crippen LogP contribution in [0.4, 0.5) is 0 Å². The molecule has 0 spiro atoms. The first-order chi connectivity index (χ1) is 6.08. The van der Waals surface area contributed by atoms with E-state index in [1.54, 1.807) is 18.3 Å². The van der Waals surface area contributed by atoms with Crippen LogP contribution in [0.25, 0.3) is 0 Å². The van der Waals surface area contributed by atoms with E-state index in [1.807, 2.05) is 0 Å². The van der Waals surface area contributed by atoms with Gasteiger partial charge in [-0.15, -0.1) is 0 Å². The number of hydrogen-bond donors (Lipinski definition) is 0. The minimum atomic E-state index is -3.47. The quantitative estimate of drug-likeness (QED) is 0.713. The lowest BCUT2D eigenvalue weighted by molar-refractivity contribution is 0.340. The highest BCUT2D eigenvalue weighted by Crippen LogP contribution is 2.06. The Bertz CT molecular complexity index is 351. The van der Waals surface area contributed by atoms with Crippen molar-refractivity contribution in [3.05, 3.63) is 24.5 Å². The van der Waals surface area contributed by atoms with Gasteiger partial charge in [-0.05, 0) is 12.1 Å². The molecule has 0 aliphatic heterocycles. The normalized spacial score (nSPS) is 11.2. The second kappa shape index (κ2) is 4.43. The van der Waals surface area contributed by atoms with Crippen molar-refractivity contribution in [2.75, 3.05) is 12.4 Å². The fourth-order valence-electron chi connectivity index (χ4n) is 0.692. The number of halogens is 1. The highest BCUT2D eigenvalue weighted by atomic mass is 35.7. The van der Waals surface area contributed by atoms with Crippen LogP contribution in [-0.2, 0) is 9.05 Å². The number of ether oxygens (including phenoxy) is 1. The highest BCUT2D eigenvalue weighted by molar-refractivity contribution is 8.13. The van der Waals surface area contributed by atoms with Gasteiger partial charge in [0.05, 0.1) is 11.9 Å². The summed E-state index contributed by atoms with van der Waals surface area (Å²) in [5.41, 5.74) is 0. The fourth-order valence-corrected chi connectivity index (χ4v) is 1.16. The zero-order valence-electron chi connectivity index (χ0n) is 6.68. The lowest BCUT2D eigenvalue weighted by Crippen LogP contribution is -2.08. The van der Waals surface area contributed by atoms with E-state index in [-0.39, 0.29) is 12.4 Å². The van der Waals surface area contributed by atoms with Crippen LogP contribution < -0.4 is 4.74 Å². The van der Waals surface area contributed by atoms with Crippen molar-refractivity contribution in [3.8, 4) is 5.75 Å². The second-order valence-electron chi connectivity index (χ2n) is 2.28. The molecular formula is C7H8ClNO3S. The summed E-state index contributed by atoms with van der Waals surface area (Å²) < 4.78 is 26.0. The summed E-state index contributed by atoms with van der Waals surface area (Å²) in [6.45, 7) is 0.0392. The maximum absolute atomic E-state index is 10.5. The molecule has 0 aliphatic rings. The number of nitrogens with zero attached hydrogens (tertiary/aromatic N) is 1. The van der Waals surface area contributed by atoms with Crippen molar-refractivity contribution < 1.29 is 13.2 Å². The van der Waals surface area contributed by atoms with E-state index in [4.69, 9.17) is 15.4 Å². The standard InChI is InChI=1S/C7H8ClNO3S/c8-13(10,11)5-4-12-7-2-1-3-9-6-7/h1-3,6H,4-5H2. The van der Waals surface area contributed by atoms with E-state index in [0.717, 1.165) is 0 Å². The Morgan fingerprint density at radius 2 is 2.31 bits per heavy atom. The van der Waals surface area contributed by atoms with Gasteiger partial charge in [0, 0.05) is 16.9 Å². The molecule has 1 rings (SSSR count). The predicted molar refractivity (Wildman–Crippen MR) is 49.4 cm³/mol. The summed E-state index contributed by atoms with van der Waals surface area (Å²) in [4.78, 5) is 3.79. The number of aromatic nitrogens is 1. The smallest absolute Gasteiger partial charge is 0.235 e. The molecular weight excluding hydrogens is 214 g/mol. The van der Waals surface area contributed by atoms with Crippen molar-refractivity contribution in [1.82, 2.24) is 4.98 Å². The first kappa shape index (κ1) is 10.3. The minimum Gasteiger partial charge on any atom is -0.491 e. The Morgan fingerprint density at radius 1 is 1.54 bits per heavy atom. The Hall–Kier alpha value is -0.810. The van der Waals surface area contributed by atoms with Gasteiger partial charge in [0.1, 0.15) is 12.4 Å². The first-order valence-electron chi connectivity index (χ1n) is 3.53. The van der Waals surface area contributed by atoms with Gasteiger partial charge < -0.3 is 4.74 Å². The highest BCUT2D eigenvalue weighted by Gasteiger charge is 2.04. The Labute approximate surface area is 80.9 Å². The zero-order valence-corrected chi connectivity index (χ0v) is 8.25. The van der Waals surface area contributed by atoms with Crippen molar-refractivity contribution in [2.24, 2.45) is 0 Å². The molecule has 1 aromatic heterocycles. The summed E-state index contributed by atoms with van der Waals surface area (Å²) in [6.07, 6.45) is 3.10. The van der Waals surface area contributed by atoms with Crippen molar-refractivity contribution >= 4 is 19.7 Å². The zero-order chi connectivity index (χ0) is 9.73. The number of hydrogen-bond acceptors (Lipinski definition) is 4. The first-order valence-corrected chi connectivity index (χ1v) is 6.01. The van der Waals surface area contributed by atoms with Gasteiger partial charge in [-0.1, -0.05) is 0 Å². The second-order valence-corrected chi connectivity index (χ2v) is 5.18. The fraction of sp³-hybridized carbons (Fsp3) is 0.286. The molecule has 0 atom stereocenters. The molecule has 4 nitrogen and oxygen atoms in total. The minimum absolute atomic E-state index is 0.0392. The summed E-state index contributed by atoms with van der Waals surface area (Å²) in [5.74, 6) is 0.325. The van der Waals surface area contributed by atoms with Gasteiger partial charge in [-0.3, -0.25) is 4.98 Å². The molecule has 1 aromatic rings. The Kier molecular flexibility index (Phi) is 3.50. The van der Waals surface area contributed by atoms with Crippen LogP contribution in [0.2, 0.25) is 0 Å². The average Bonchev–Trinajstić information content (AvgIpc) is 2.04. The molecule has 0 unspecified atom stereocenters. The third kappa shape index (κ3) is 4.69. The summed E-state index contributed by atoms with van der Waals surface area (Å²) in [7, 11) is 1.51. The van der Waals surface area contributed by atoms with Crippen molar-refractivity contribution in [1.29, 1.82) is 0 Å². The molecule has 0 radical (unpaired) electrons. The third-order valence-electron chi connectivity index (χ3n) is 1.23. The van der Waals surface area contributed by atoms with E-state index in [1.165, 1.54) is 6.20 Å². The van der Waals surface area contributed by atoms with E-state index < -0.39 is 9.05 Å². The van der Waals surface area contributed by atoms with Crippen LogP contribution in [0.15, 0.2) is 24.5 Å². The molecule has 6 heteroatoms. The molecule has 0 saturated carbocycles. The monoisotopic (exact) mass is 221 g/mol. The van der Waals surface area contributed by atoms with E-state index >= 15 is 0 Å². The average molecular weight is 222 g/mol. The van der Waals surface area contributed by atoms with Crippen LogP contribution in [0.1, 0.15) is 0 Å². The molecule has 72 valence electrons. The molecule has 0 saturated heterocycles. The van der Waals surface area contributed by atoms with Crippen molar-refractivity contribution in [3.63, 3.8) is 0 Å². The third-order valence-corrected chi connectivity index (χ3v) is 2.35. The van der Waals surface area contributed by atoms with E-state index in [9.17, 15) is 8.42 Å². The number of pyridine rings is 1. The van der Waals surface area contributed by atoms with Gasteiger partial charge in [0.2, 0.25) is 9.05 Å². The Balaban J connectivity index is 2.37. The molecule has 0 amide bonds. The summed E-state index contributed by atoms with van der Waals surface area (Å²) in [6, 6.07) is 3.39. The lowest BCUT2D eigenvalue weighted by atomic mass is 10.5. The molecule has 0 bridgehead atoms. The molecule has 0 fully saturated rings. The van der Waals surface area contributed by atoms with Gasteiger partial charge in [0.15, 0.2) is 0 Å². The van der Waals surface area contributed by atoms with Crippen LogP contribution in [0.3, 0.4) is 0 Å². The maximum Gasteiger partial charge on any atom is 0.235 e. The molecule has 13 heavy (non-hydrogen) atoms. The van der Waals surface area contributed by atoms with Gasteiger partial charge >= 0.3 is 0 Å². The Morgan fingerprint density at radius 3 is 2.85 bits per heavy atom. The number of rotatable bonds is 4. The van der Waals surface area contributed by atoms with Crippen molar-refractivity contribution in [2.45, 2.75) is 0 Å². The van der Waals surface area contributed by atoms with E-state index in [2.05, 4.69) is 4.98 Å². The summed E-state index contributed by atoms with van der Waals surface area (Å²) >= 11 is 0. The summed E-state index contributed by atoms with van der Waals surface area (Å²) in [5, 5.41) is 0. The molecule has 0 aliphatic carbocycles. The van der Waals surface area contributed by atoms with Gasteiger partial charge in [-0.2, -0.15) is 0 Å². The lowest BCUT2D eigenvalue weighted by Gasteiger charge is -2.02. The molecule has 1 heterocycles. The van der Waals surface area contributed by atoms with Crippen LogP contribution in [-0.4, -0.2) is 25.8 Å².